The van der Waals surface area contributed by atoms with E-state index in [4.69, 9.17) is 0 Å². The van der Waals surface area contributed by atoms with Crippen LogP contribution >= 0.6 is 0 Å². The normalized spacial score (nSPS) is 12.4. The van der Waals surface area contributed by atoms with Crippen LogP contribution in [0.25, 0.3) is 0 Å². The monoisotopic (exact) mass is 288 g/mol. The van der Waals surface area contributed by atoms with Crippen molar-refractivity contribution in [1.29, 1.82) is 0 Å². The molecule has 0 fully saturated rings. The van der Waals surface area contributed by atoms with Gasteiger partial charge < -0.3 is 14.2 Å². The highest BCUT2D eigenvalue weighted by Crippen LogP contribution is 2.24. The van der Waals surface area contributed by atoms with Crippen LogP contribution in [0.2, 0.25) is 0 Å². The highest BCUT2D eigenvalue weighted by Gasteiger charge is 2.15. The molecule has 112 valence electrons. The number of aromatic nitrogens is 2. The zero-order chi connectivity index (χ0) is 15.7. The number of hydrogen-bond donors (Lipinski definition) is 1. The molecule has 1 aromatic carbocycles. The molecule has 0 aliphatic rings. The Morgan fingerprint density at radius 1 is 1.05 bits per heavy atom. The third-order valence-corrected chi connectivity index (χ3v) is 3.68. The first-order valence-corrected chi connectivity index (χ1v) is 6.83. The van der Waals surface area contributed by atoms with Crippen LogP contribution in [-0.2, 0) is 13.6 Å². The van der Waals surface area contributed by atoms with E-state index in [1.54, 1.807) is 0 Å². The van der Waals surface area contributed by atoms with Crippen molar-refractivity contribution < 1.29 is 5.11 Å². The number of aliphatic hydroxyl groups is 1. The van der Waals surface area contributed by atoms with E-state index in [0.29, 0.717) is 0 Å². The summed E-state index contributed by atoms with van der Waals surface area (Å²) in [5.74, 6) is 0. The van der Waals surface area contributed by atoms with Gasteiger partial charge >= 0.3 is 11.1 Å². The first-order valence-electron chi connectivity index (χ1n) is 6.83. The van der Waals surface area contributed by atoms with Gasteiger partial charge in [0.25, 0.3) is 0 Å². The number of aryl methyl sites for hydroxylation is 4. The van der Waals surface area contributed by atoms with Gasteiger partial charge in [-0.25, -0.2) is 0 Å². The van der Waals surface area contributed by atoms with Crippen molar-refractivity contribution in [3.63, 3.8) is 0 Å². The maximum absolute atomic E-state index is 11.9. The van der Waals surface area contributed by atoms with Crippen LogP contribution in [0.4, 0.5) is 0 Å². The van der Waals surface area contributed by atoms with Gasteiger partial charge in [0.2, 0.25) is 0 Å². The molecular formula is C16H20N2O3. The summed E-state index contributed by atoms with van der Waals surface area (Å²) in [6.45, 7) is 5.94. The Hall–Kier alpha value is -2.14. The van der Waals surface area contributed by atoms with Crippen LogP contribution in [0, 0.1) is 20.8 Å². The molecule has 0 aliphatic carbocycles. The van der Waals surface area contributed by atoms with Crippen molar-refractivity contribution >= 4 is 0 Å². The van der Waals surface area contributed by atoms with Gasteiger partial charge in [-0.15, -0.1) is 0 Å². The van der Waals surface area contributed by atoms with Gasteiger partial charge in [0.05, 0.1) is 12.6 Å². The summed E-state index contributed by atoms with van der Waals surface area (Å²) in [6.07, 6.45) is 2.22. The van der Waals surface area contributed by atoms with E-state index in [-0.39, 0.29) is 6.54 Å². The Labute approximate surface area is 123 Å². The molecule has 1 unspecified atom stereocenters. The van der Waals surface area contributed by atoms with E-state index in [9.17, 15) is 14.7 Å². The SMILES string of the molecule is Cc1cc(C)c(C(O)Cn2ccn(C)c(=O)c2=O)c(C)c1. The molecule has 1 aromatic heterocycles. The molecular weight excluding hydrogens is 268 g/mol. The molecule has 0 saturated heterocycles. The zero-order valence-electron chi connectivity index (χ0n) is 12.8. The minimum Gasteiger partial charge on any atom is -0.387 e. The fraction of sp³-hybridized carbons (Fsp3) is 0.375. The van der Waals surface area contributed by atoms with Crippen molar-refractivity contribution in [2.75, 3.05) is 0 Å². The van der Waals surface area contributed by atoms with Gasteiger partial charge in [-0.2, -0.15) is 0 Å². The lowest BCUT2D eigenvalue weighted by molar-refractivity contribution is 0.153. The van der Waals surface area contributed by atoms with Gasteiger partial charge in [-0.3, -0.25) is 9.59 Å². The Bertz CT molecular complexity index is 764. The van der Waals surface area contributed by atoms with Gasteiger partial charge in [-0.1, -0.05) is 17.7 Å². The highest BCUT2D eigenvalue weighted by molar-refractivity contribution is 5.38. The molecule has 2 aromatic rings. The Balaban J connectivity index is 2.40. The first kappa shape index (κ1) is 15.3. The van der Waals surface area contributed by atoms with Crippen molar-refractivity contribution in [3.8, 4) is 0 Å². The van der Waals surface area contributed by atoms with Crippen LogP contribution in [0.1, 0.15) is 28.4 Å². The lowest BCUT2D eigenvalue weighted by Crippen LogP contribution is -2.40. The number of nitrogens with zero attached hydrogens (tertiary/aromatic N) is 2. The van der Waals surface area contributed by atoms with Crippen LogP contribution in [0.15, 0.2) is 34.1 Å². The second-order valence-electron chi connectivity index (χ2n) is 5.50. The lowest BCUT2D eigenvalue weighted by atomic mass is 9.95. The fourth-order valence-corrected chi connectivity index (χ4v) is 2.73. The third kappa shape index (κ3) is 2.97. The maximum Gasteiger partial charge on any atom is 0.316 e. The van der Waals surface area contributed by atoms with E-state index in [2.05, 4.69) is 0 Å². The van der Waals surface area contributed by atoms with Crippen LogP contribution in [-0.4, -0.2) is 14.2 Å². The number of aliphatic hydroxyl groups excluding tert-OH is 1. The highest BCUT2D eigenvalue weighted by atomic mass is 16.3. The quantitative estimate of drug-likeness (QED) is 0.863. The van der Waals surface area contributed by atoms with Crippen molar-refractivity contribution in [1.82, 2.24) is 9.13 Å². The van der Waals surface area contributed by atoms with E-state index < -0.39 is 17.2 Å². The van der Waals surface area contributed by atoms with Crippen molar-refractivity contribution in [2.24, 2.45) is 7.05 Å². The predicted molar refractivity (Wildman–Crippen MR) is 81.6 cm³/mol. The van der Waals surface area contributed by atoms with E-state index >= 15 is 0 Å². The summed E-state index contributed by atoms with van der Waals surface area (Å²) < 4.78 is 2.49. The summed E-state index contributed by atoms with van der Waals surface area (Å²) in [4.78, 5) is 23.5. The zero-order valence-corrected chi connectivity index (χ0v) is 12.8. The number of benzene rings is 1. The lowest BCUT2D eigenvalue weighted by Gasteiger charge is -2.18. The minimum atomic E-state index is -0.824. The second-order valence-corrected chi connectivity index (χ2v) is 5.50. The molecule has 2 rings (SSSR count). The van der Waals surface area contributed by atoms with Gasteiger partial charge in [0.1, 0.15) is 0 Å². The molecule has 1 N–H and O–H groups in total. The fourth-order valence-electron chi connectivity index (χ4n) is 2.73. The topological polar surface area (TPSA) is 64.2 Å². The number of hydrogen-bond acceptors (Lipinski definition) is 3. The maximum atomic E-state index is 11.9. The second kappa shape index (κ2) is 5.69. The van der Waals surface area contributed by atoms with E-state index in [1.165, 1.54) is 28.6 Å². The number of rotatable bonds is 3. The first-order chi connectivity index (χ1) is 9.81. The largest absolute Gasteiger partial charge is 0.387 e. The van der Waals surface area contributed by atoms with E-state index in [0.717, 1.165) is 22.3 Å². The van der Waals surface area contributed by atoms with E-state index in [1.807, 2.05) is 32.9 Å². The Morgan fingerprint density at radius 3 is 2.19 bits per heavy atom. The summed E-state index contributed by atoms with van der Waals surface area (Å²) in [7, 11) is 1.53. The molecule has 0 radical (unpaired) electrons. The summed E-state index contributed by atoms with van der Waals surface area (Å²) in [6, 6.07) is 4.00. The van der Waals surface area contributed by atoms with Crippen LogP contribution in [0.3, 0.4) is 0 Å². The predicted octanol–water partition coefficient (Wildman–Crippen LogP) is 1.21. The standard InChI is InChI=1S/C16H20N2O3/c1-10-7-11(2)14(12(3)8-10)13(19)9-18-6-5-17(4)15(20)16(18)21/h5-8,13,19H,9H2,1-4H3. The molecule has 0 amide bonds. The molecule has 0 aliphatic heterocycles. The van der Waals surface area contributed by atoms with Crippen LogP contribution in [0.5, 0.6) is 0 Å². The summed E-state index contributed by atoms with van der Waals surface area (Å²) >= 11 is 0. The molecule has 21 heavy (non-hydrogen) atoms. The van der Waals surface area contributed by atoms with Gasteiger partial charge in [0, 0.05) is 19.4 Å². The minimum absolute atomic E-state index is 0.0691. The van der Waals surface area contributed by atoms with Gasteiger partial charge in [-0.05, 0) is 37.5 Å². The summed E-state index contributed by atoms with van der Waals surface area (Å²) in [5.41, 5.74) is 2.69. The van der Waals surface area contributed by atoms with Gasteiger partial charge in [0.15, 0.2) is 0 Å². The molecule has 0 spiro atoms. The Kier molecular flexibility index (Phi) is 4.14. The average molecular weight is 288 g/mol. The molecule has 0 saturated carbocycles. The summed E-state index contributed by atoms with van der Waals surface area (Å²) in [5, 5.41) is 10.4. The smallest absolute Gasteiger partial charge is 0.316 e. The average Bonchev–Trinajstić information content (AvgIpc) is 2.38. The molecule has 0 bridgehead atoms. The van der Waals surface area contributed by atoms with Crippen molar-refractivity contribution in [2.45, 2.75) is 33.4 Å². The third-order valence-electron chi connectivity index (χ3n) is 3.68. The molecule has 5 heteroatoms. The van der Waals surface area contributed by atoms with Crippen molar-refractivity contribution in [3.05, 3.63) is 67.5 Å². The Morgan fingerprint density at radius 2 is 1.62 bits per heavy atom. The van der Waals surface area contributed by atoms with Crippen LogP contribution < -0.4 is 11.1 Å². The molecule has 1 atom stereocenters. The molecule has 1 heterocycles. The molecule has 5 nitrogen and oxygen atoms in total.